The third kappa shape index (κ3) is 5.85. The molecule has 1 aromatic rings. The number of carboxylic acids is 2. The maximum atomic E-state index is 9.10. The van der Waals surface area contributed by atoms with Gasteiger partial charge in [-0.1, -0.05) is 30.4 Å². The zero-order chi connectivity index (χ0) is 21.7. The van der Waals surface area contributed by atoms with Crippen molar-refractivity contribution in [3.63, 3.8) is 0 Å². The van der Waals surface area contributed by atoms with E-state index >= 15 is 0 Å². The summed E-state index contributed by atoms with van der Waals surface area (Å²) < 4.78 is 6.03. The first-order valence-electron chi connectivity index (χ1n) is 10.8. The molecule has 0 radical (unpaired) electrons. The first-order valence-corrected chi connectivity index (χ1v) is 10.8. The highest BCUT2D eigenvalue weighted by atomic mass is 16.5. The lowest BCUT2D eigenvalue weighted by Gasteiger charge is -2.55. The molecule has 6 heteroatoms. The third-order valence-electron chi connectivity index (χ3n) is 6.60. The standard InChI is InChI=1S/C22H31NO.C2H2O4/c1-23(2)9-10-24-21-6-4-3-5-20(21)7-8-22-14-17-11-18(15-22)13-19(12-17)16-22;3-1(4)2(5)6/h3-8,17-19H,9-16H2,1-2H3;(H,3,4)(H,5,6)/b8-7+;. The molecule has 0 aromatic heterocycles. The van der Waals surface area contributed by atoms with Gasteiger partial charge in [0, 0.05) is 12.1 Å². The Bertz CT molecular complexity index is 738. The third-order valence-corrected chi connectivity index (χ3v) is 6.60. The van der Waals surface area contributed by atoms with Crippen LogP contribution in [0.1, 0.15) is 44.1 Å². The van der Waals surface area contributed by atoms with E-state index < -0.39 is 11.9 Å². The van der Waals surface area contributed by atoms with Gasteiger partial charge in [0.2, 0.25) is 0 Å². The molecule has 5 rings (SSSR count). The average molecular weight is 416 g/mol. The molecule has 1 aromatic carbocycles. The predicted molar refractivity (Wildman–Crippen MR) is 115 cm³/mol. The zero-order valence-corrected chi connectivity index (χ0v) is 17.9. The minimum Gasteiger partial charge on any atom is -0.492 e. The highest BCUT2D eigenvalue weighted by Crippen LogP contribution is 2.60. The Morgan fingerprint density at radius 1 is 1.03 bits per heavy atom. The summed E-state index contributed by atoms with van der Waals surface area (Å²) in [7, 11) is 4.17. The molecule has 0 unspecified atom stereocenters. The molecule has 2 N–H and O–H groups in total. The Morgan fingerprint density at radius 3 is 2.07 bits per heavy atom. The van der Waals surface area contributed by atoms with Gasteiger partial charge in [0.05, 0.1) is 0 Å². The van der Waals surface area contributed by atoms with Gasteiger partial charge in [0.15, 0.2) is 0 Å². The maximum Gasteiger partial charge on any atom is 0.414 e. The van der Waals surface area contributed by atoms with Crippen LogP contribution in [0.5, 0.6) is 5.75 Å². The summed E-state index contributed by atoms with van der Waals surface area (Å²) in [6.07, 6.45) is 13.7. The number of allylic oxidation sites excluding steroid dienone is 1. The van der Waals surface area contributed by atoms with Crippen LogP contribution in [0.25, 0.3) is 6.08 Å². The molecule has 4 saturated carbocycles. The zero-order valence-electron chi connectivity index (χ0n) is 17.9. The summed E-state index contributed by atoms with van der Waals surface area (Å²) in [6.45, 7) is 1.70. The Morgan fingerprint density at radius 2 is 1.57 bits per heavy atom. The Balaban J connectivity index is 0.000000377. The van der Waals surface area contributed by atoms with Gasteiger partial charge in [-0.05, 0) is 81.9 Å². The van der Waals surface area contributed by atoms with Gasteiger partial charge in [-0.2, -0.15) is 0 Å². The number of benzene rings is 1. The van der Waals surface area contributed by atoms with Gasteiger partial charge in [-0.25, -0.2) is 9.59 Å². The molecule has 30 heavy (non-hydrogen) atoms. The molecule has 4 aliphatic rings. The number of ether oxygens (including phenoxy) is 1. The van der Waals surface area contributed by atoms with Crippen molar-refractivity contribution in [3.05, 3.63) is 35.9 Å². The topological polar surface area (TPSA) is 87.1 Å². The predicted octanol–water partition coefficient (Wildman–Crippen LogP) is 4.01. The van der Waals surface area contributed by atoms with Crippen LogP contribution in [-0.4, -0.2) is 54.3 Å². The van der Waals surface area contributed by atoms with Crippen LogP contribution in [-0.2, 0) is 9.59 Å². The summed E-state index contributed by atoms with van der Waals surface area (Å²) in [5.74, 6) is 0.401. The number of hydrogen-bond acceptors (Lipinski definition) is 4. The second-order valence-corrected chi connectivity index (χ2v) is 9.41. The molecule has 0 saturated heterocycles. The number of carboxylic acid groups (broad SMARTS) is 2. The minimum absolute atomic E-state index is 0.492. The molecular formula is C24H33NO5. The molecule has 6 nitrogen and oxygen atoms in total. The number of carbonyl (C=O) groups is 2. The van der Waals surface area contributed by atoms with Gasteiger partial charge in [0.25, 0.3) is 0 Å². The fourth-order valence-corrected chi connectivity index (χ4v) is 5.74. The van der Waals surface area contributed by atoms with Crippen molar-refractivity contribution in [3.8, 4) is 5.75 Å². The second-order valence-electron chi connectivity index (χ2n) is 9.41. The van der Waals surface area contributed by atoms with E-state index in [4.69, 9.17) is 24.5 Å². The number of rotatable bonds is 6. The lowest BCUT2D eigenvalue weighted by molar-refractivity contribution is -0.159. The van der Waals surface area contributed by atoms with Crippen molar-refractivity contribution in [2.24, 2.45) is 23.2 Å². The fourth-order valence-electron chi connectivity index (χ4n) is 5.74. The molecular weight excluding hydrogens is 382 g/mol. The van der Waals surface area contributed by atoms with E-state index in [0.717, 1.165) is 36.7 Å². The van der Waals surface area contributed by atoms with E-state index in [1.54, 1.807) is 0 Å². The fraction of sp³-hybridized carbons (Fsp3) is 0.583. The van der Waals surface area contributed by atoms with Crippen LogP contribution in [0.2, 0.25) is 0 Å². The Labute approximate surface area is 178 Å². The number of aliphatic carboxylic acids is 2. The summed E-state index contributed by atoms with van der Waals surface area (Å²) in [4.78, 5) is 20.4. The summed E-state index contributed by atoms with van der Waals surface area (Å²) in [5.41, 5.74) is 1.73. The van der Waals surface area contributed by atoms with Crippen molar-refractivity contribution in [2.45, 2.75) is 38.5 Å². The summed E-state index contributed by atoms with van der Waals surface area (Å²) in [5, 5.41) is 14.8. The summed E-state index contributed by atoms with van der Waals surface area (Å²) >= 11 is 0. The average Bonchev–Trinajstić information content (AvgIpc) is 2.66. The first kappa shape index (κ1) is 22.3. The van der Waals surface area contributed by atoms with E-state index in [-0.39, 0.29) is 0 Å². The normalized spacial score (nSPS) is 29.0. The molecule has 0 aliphatic heterocycles. The Kier molecular flexibility index (Phi) is 7.19. The van der Waals surface area contributed by atoms with Crippen LogP contribution in [0.15, 0.2) is 30.3 Å². The van der Waals surface area contributed by atoms with Gasteiger partial charge < -0.3 is 19.8 Å². The lowest BCUT2D eigenvalue weighted by Crippen LogP contribution is -2.44. The van der Waals surface area contributed by atoms with E-state index in [9.17, 15) is 0 Å². The highest BCUT2D eigenvalue weighted by Gasteiger charge is 2.49. The quantitative estimate of drug-likeness (QED) is 0.683. The first-order chi connectivity index (χ1) is 14.3. The molecule has 0 atom stereocenters. The number of nitrogens with zero attached hydrogens (tertiary/aromatic N) is 1. The molecule has 0 heterocycles. The second kappa shape index (κ2) is 9.65. The number of hydrogen-bond donors (Lipinski definition) is 2. The van der Waals surface area contributed by atoms with Gasteiger partial charge >= 0.3 is 11.9 Å². The molecule has 4 bridgehead atoms. The molecule has 164 valence electrons. The largest absolute Gasteiger partial charge is 0.492 e. The molecule has 0 amide bonds. The van der Waals surface area contributed by atoms with Crippen LogP contribution >= 0.6 is 0 Å². The molecule has 4 aliphatic carbocycles. The minimum atomic E-state index is -1.82. The molecule has 4 fully saturated rings. The number of para-hydroxylation sites is 1. The summed E-state index contributed by atoms with van der Waals surface area (Å²) in [6, 6.07) is 8.50. The monoisotopic (exact) mass is 415 g/mol. The van der Waals surface area contributed by atoms with Gasteiger partial charge in [0.1, 0.15) is 12.4 Å². The van der Waals surface area contributed by atoms with Crippen molar-refractivity contribution < 1.29 is 24.5 Å². The SMILES string of the molecule is CN(C)CCOc1ccccc1/C=C/C12CC3CC(CC(C3)C1)C2.O=C(O)C(=O)O. The van der Waals surface area contributed by atoms with Crippen molar-refractivity contribution >= 4 is 18.0 Å². The smallest absolute Gasteiger partial charge is 0.414 e. The van der Waals surface area contributed by atoms with Gasteiger partial charge in [-0.15, -0.1) is 0 Å². The van der Waals surface area contributed by atoms with E-state index in [0.29, 0.717) is 5.41 Å². The maximum absolute atomic E-state index is 9.10. The van der Waals surface area contributed by atoms with Crippen molar-refractivity contribution in [1.29, 1.82) is 0 Å². The van der Waals surface area contributed by atoms with Crippen molar-refractivity contribution in [2.75, 3.05) is 27.2 Å². The van der Waals surface area contributed by atoms with Crippen LogP contribution < -0.4 is 4.74 Å². The van der Waals surface area contributed by atoms with Crippen LogP contribution in [0.4, 0.5) is 0 Å². The van der Waals surface area contributed by atoms with Gasteiger partial charge in [-0.3, -0.25) is 0 Å². The van der Waals surface area contributed by atoms with E-state index in [2.05, 4.69) is 55.4 Å². The highest BCUT2D eigenvalue weighted by molar-refractivity contribution is 6.27. The van der Waals surface area contributed by atoms with Crippen LogP contribution in [0.3, 0.4) is 0 Å². The Hall–Kier alpha value is -2.34. The van der Waals surface area contributed by atoms with E-state index in [1.165, 1.54) is 44.1 Å². The van der Waals surface area contributed by atoms with E-state index in [1.807, 2.05) is 0 Å². The lowest BCUT2D eigenvalue weighted by atomic mass is 9.49. The van der Waals surface area contributed by atoms with Crippen molar-refractivity contribution in [1.82, 2.24) is 4.90 Å². The molecule has 0 spiro atoms. The number of likely N-dealkylation sites (N-methyl/N-ethyl adjacent to an activating group) is 1. The van der Waals surface area contributed by atoms with Crippen LogP contribution in [0, 0.1) is 23.2 Å².